The number of alkyl halides is 3. The summed E-state index contributed by atoms with van der Waals surface area (Å²) in [7, 11) is -1.34. The number of imidazole rings is 1. The van der Waals surface area contributed by atoms with Gasteiger partial charge in [0.15, 0.2) is 5.69 Å². The molecule has 1 aromatic carbocycles. The number of benzene rings is 1. The zero-order chi connectivity index (χ0) is 28.2. The summed E-state index contributed by atoms with van der Waals surface area (Å²) in [6.45, 7) is 13.6. The molecule has 2 aromatic rings. The van der Waals surface area contributed by atoms with Gasteiger partial charge >= 0.3 is 12.1 Å². The van der Waals surface area contributed by atoms with Gasteiger partial charge in [0, 0.05) is 32.7 Å². The predicted octanol–water partition coefficient (Wildman–Crippen LogP) is 6.30. The number of hydrogen-bond donors (Lipinski definition) is 2. The molecule has 0 aliphatic heterocycles. The van der Waals surface area contributed by atoms with Crippen molar-refractivity contribution in [2.45, 2.75) is 77.8 Å². The fraction of sp³-hybridized carbons (Fsp3) is 0.577. The molecule has 1 heterocycles. The minimum Gasteiger partial charge on any atom is -0.481 e. The van der Waals surface area contributed by atoms with Crippen LogP contribution >= 0.6 is 0 Å². The van der Waals surface area contributed by atoms with Gasteiger partial charge in [0.1, 0.15) is 12.6 Å². The zero-order valence-electron chi connectivity index (χ0n) is 22.6. The molecular weight excluding hydrogens is 503 g/mol. The van der Waals surface area contributed by atoms with E-state index in [0.717, 1.165) is 12.2 Å². The fourth-order valence-corrected chi connectivity index (χ4v) is 4.16. The summed E-state index contributed by atoms with van der Waals surface area (Å²) >= 11 is 0. The third-order valence-corrected chi connectivity index (χ3v) is 8.18. The van der Waals surface area contributed by atoms with Gasteiger partial charge in [-0.1, -0.05) is 43.9 Å². The van der Waals surface area contributed by atoms with Gasteiger partial charge in [0.2, 0.25) is 0 Å². The quantitative estimate of drug-likeness (QED) is 0.176. The van der Waals surface area contributed by atoms with Crippen LogP contribution < -0.4 is 0 Å². The second kappa shape index (κ2) is 11.5. The van der Waals surface area contributed by atoms with Crippen molar-refractivity contribution >= 4 is 20.3 Å². The lowest BCUT2D eigenvalue weighted by molar-refractivity contribution is -0.152. The normalized spacial score (nSPS) is 15.3. The molecule has 206 valence electrons. The second-order valence-electron chi connectivity index (χ2n) is 11.4. The lowest BCUT2D eigenvalue weighted by Crippen LogP contribution is -2.41. The van der Waals surface area contributed by atoms with E-state index in [2.05, 4.69) is 24.6 Å². The van der Waals surface area contributed by atoms with Gasteiger partial charge in [0.05, 0.1) is 23.5 Å². The lowest BCUT2D eigenvalue weighted by Gasteiger charge is -2.34. The molecule has 37 heavy (non-hydrogen) atoms. The molecule has 0 aliphatic rings. The average Bonchev–Trinajstić information content (AvgIpc) is 3.24. The molecule has 0 amide bonds. The van der Waals surface area contributed by atoms with Gasteiger partial charge in [0.25, 0.3) is 0 Å². The van der Waals surface area contributed by atoms with Crippen molar-refractivity contribution in [3.8, 4) is 11.4 Å². The Kier molecular flexibility index (Phi) is 9.54. The monoisotopic (exact) mass is 541 g/mol. The fourth-order valence-electron chi connectivity index (χ4n) is 3.40. The van der Waals surface area contributed by atoms with Gasteiger partial charge in [-0.3, -0.25) is 4.79 Å². The highest BCUT2D eigenvalue weighted by Gasteiger charge is 2.37. The average molecular weight is 542 g/mol. The van der Waals surface area contributed by atoms with Gasteiger partial charge in [-0.05, 0) is 39.3 Å². The van der Waals surface area contributed by atoms with Crippen LogP contribution in [0.1, 0.15) is 39.0 Å². The second-order valence-corrected chi connectivity index (χ2v) is 17.0. The largest absolute Gasteiger partial charge is 0.481 e. The number of carbonyl (C=O) groups is 1. The third-order valence-electron chi connectivity index (χ3n) is 6.48. The number of aliphatic carboxylic acids is 1. The first-order chi connectivity index (χ1) is 16.9. The highest BCUT2D eigenvalue weighted by atomic mass is 28.3. The maximum atomic E-state index is 13.4. The summed E-state index contributed by atoms with van der Waals surface area (Å²) in [6.07, 6.45) is -2.93. The van der Waals surface area contributed by atoms with Crippen LogP contribution in [0.5, 0.6) is 0 Å². The molecule has 0 spiro atoms. The molecular formula is C26H38F3N3O4Si. The first kappa shape index (κ1) is 30.7. The summed E-state index contributed by atoms with van der Waals surface area (Å²) in [6, 6.07) is 7.66. The Bertz CT molecular complexity index is 1080. The number of nitrogens with one attached hydrogen (secondary N) is 1. The van der Waals surface area contributed by atoms with Crippen LogP contribution in [0.25, 0.3) is 11.4 Å². The number of rotatable bonds is 13. The number of ether oxygens (including phenoxy) is 2. The summed E-state index contributed by atoms with van der Waals surface area (Å²) in [5.41, 5.74) is -1.80. The van der Waals surface area contributed by atoms with Crippen molar-refractivity contribution in [3.05, 3.63) is 41.7 Å². The number of carboxylic acids is 1. The first-order valence-electron chi connectivity index (χ1n) is 12.1. The molecule has 7 nitrogen and oxygen atoms in total. The van der Waals surface area contributed by atoms with E-state index in [0.29, 0.717) is 17.7 Å². The van der Waals surface area contributed by atoms with E-state index in [1.807, 2.05) is 0 Å². The number of hydrogen-bond acceptors (Lipinski definition) is 5. The summed E-state index contributed by atoms with van der Waals surface area (Å²) in [5, 5.41) is 17.4. The highest BCUT2D eigenvalue weighted by molar-refractivity contribution is 6.76. The van der Waals surface area contributed by atoms with Crippen molar-refractivity contribution in [1.29, 1.82) is 5.41 Å². The Morgan fingerprint density at radius 1 is 1.19 bits per heavy atom. The van der Waals surface area contributed by atoms with E-state index < -0.39 is 42.8 Å². The Balaban J connectivity index is 2.30. The van der Waals surface area contributed by atoms with Crippen LogP contribution in [-0.2, 0) is 32.6 Å². The van der Waals surface area contributed by atoms with Crippen molar-refractivity contribution in [1.82, 2.24) is 9.55 Å². The third kappa shape index (κ3) is 7.99. The number of carboxylic acid groups (broad SMARTS) is 1. The summed E-state index contributed by atoms with van der Waals surface area (Å²) in [5.74, 6) is -0.852. The maximum absolute atomic E-state index is 13.4. The van der Waals surface area contributed by atoms with E-state index in [-0.39, 0.29) is 19.2 Å². The Labute approximate surface area is 217 Å². The topological polar surface area (TPSA) is 97.4 Å². The maximum Gasteiger partial charge on any atom is 0.434 e. The van der Waals surface area contributed by atoms with Gasteiger partial charge in [-0.15, -0.1) is 0 Å². The van der Waals surface area contributed by atoms with Gasteiger partial charge < -0.3 is 24.6 Å². The predicted molar refractivity (Wildman–Crippen MR) is 140 cm³/mol. The molecule has 1 unspecified atom stereocenters. The Morgan fingerprint density at radius 2 is 1.78 bits per heavy atom. The number of halogens is 3. The van der Waals surface area contributed by atoms with Crippen LogP contribution in [0.3, 0.4) is 0 Å². The molecule has 0 saturated carbocycles. The Hall–Kier alpha value is -2.50. The van der Waals surface area contributed by atoms with Crippen molar-refractivity contribution in [3.63, 3.8) is 0 Å². The molecule has 1 aromatic heterocycles. The van der Waals surface area contributed by atoms with E-state index in [1.54, 1.807) is 52.0 Å². The molecule has 0 radical (unpaired) electrons. The van der Waals surface area contributed by atoms with Crippen LogP contribution in [0.4, 0.5) is 13.2 Å². The number of aromatic nitrogens is 2. The smallest absolute Gasteiger partial charge is 0.434 e. The lowest BCUT2D eigenvalue weighted by atomic mass is 9.78. The standard InChI is InChI=1S/C26H38F3N3O4Si/c1-18(36-16-24(2,3)23(33)34)25(4,15-30)20-10-8-19(9-11-20)22-31-21(26(27,28)29)14-32(22)17-35-12-13-37(5,6)7/h8-11,14-15,18,30H,12-13,16-17H2,1-7H3,(H,33,34)/t18-,25?/m1/s1. The molecule has 0 aliphatic carbocycles. The van der Waals surface area contributed by atoms with E-state index in [1.165, 1.54) is 10.8 Å². The molecule has 0 bridgehead atoms. The van der Waals surface area contributed by atoms with E-state index in [4.69, 9.17) is 14.9 Å². The Morgan fingerprint density at radius 3 is 2.27 bits per heavy atom. The van der Waals surface area contributed by atoms with Crippen molar-refractivity contribution < 1.29 is 32.5 Å². The van der Waals surface area contributed by atoms with Crippen molar-refractivity contribution in [2.24, 2.45) is 5.41 Å². The summed E-state index contributed by atoms with van der Waals surface area (Å²) < 4.78 is 53.1. The summed E-state index contributed by atoms with van der Waals surface area (Å²) in [4.78, 5) is 15.2. The zero-order valence-corrected chi connectivity index (χ0v) is 23.6. The number of nitrogens with zero attached hydrogens (tertiary/aromatic N) is 2. The molecule has 11 heteroatoms. The van der Waals surface area contributed by atoms with Crippen LogP contribution in [0, 0.1) is 10.8 Å². The molecule has 0 saturated heterocycles. The van der Waals surface area contributed by atoms with E-state index >= 15 is 0 Å². The minimum absolute atomic E-state index is 0.0413. The van der Waals surface area contributed by atoms with Gasteiger partial charge in [-0.25, -0.2) is 4.98 Å². The molecule has 2 atom stereocenters. The molecule has 2 rings (SSSR count). The molecule has 0 fully saturated rings. The molecule has 2 N–H and O–H groups in total. The highest BCUT2D eigenvalue weighted by Crippen LogP contribution is 2.33. The van der Waals surface area contributed by atoms with Gasteiger partial charge in [-0.2, -0.15) is 13.2 Å². The minimum atomic E-state index is -4.59. The van der Waals surface area contributed by atoms with Crippen LogP contribution in [0.2, 0.25) is 25.7 Å². The van der Waals surface area contributed by atoms with E-state index in [9.17, 15) is 23.1 Å². The first-order valence-corrected chi connectivity index (χ1v) is 15.8. The van der Waals surface area contributed by atoms with Crippen LogP contribution in [0.15, 0.2) is 30.5 Å². The SMILES string of the molecule is C[C@@H](OCC(C)(C)C(=O)O)C(C)(C=N)c1ccc(-c2nc(C(F)(F)F)cn2COCC[Si](C)(C)C)cc1. The van der Waals surface area contributed by atoms with Crippen LogP contribution in [-0.4, -0.2) is 54.2 Å². The van der Waals surface area contributed by atoms with Crippen molar-refractivity contribution in [2.75, 3.05) is 13.2 Å².